The molecular formula is C5H11NO3. The minimum atomic E-state index is -1.31. The van der Waals surface area contributed by atoms with Crippen LogP contribution in [0.15, 0.2) is 0 Å². The number of hydrogen-bond acceptors (Lipinski definition) is 4. The van der Waals surface area contributed by atoms with E-state index in [4.69, 9.17) is 20.7 Å². The van der Waals surface area contributed by atoms with E-state index in [-0.39, 0.29) is 6.61 Å². The van der Waals surface area contributed by atoms with Gasteiger partial charge in [0.05, 0.1) is 13.2 Å². The fourth-order valence-electron chi connectivity index (χ4n) is 0.881. The van der Waals surface area contributed by atoms with E-state index in [1.54, 1.807) is 0 Å². The van der Waals surface area contributed by atoms with Crippen LogP contribution in [0.2, 0.25) is 0 Å². The van der Waals surface area contributed by atoms with Crippen molar-refractivity contribution in [3.8, 4) is 0 Å². The van der Waals surface area contributed by atoms with Crippen LogP contribution < -0.4 is 5.73 Å². The predicted molar refractivity (Wildman–Crippen MR) is 30.6 cm³/mol. The molecule has 0 spiro atoms. The minimum Gasteiger partial charge on any atom is -0.394 e. The van der Waals surface area contributed by atoms with Crippen LogP contribution in [0.25, 0.3) is 0 Å². The molecule has 0 amide bonds. The third-order valence-electron chi connectivity index (χ3n) is 1.54. The molecule has 0 aromatic carbocycles. The van der Waals surface area contributed by atoms with Crippen molar-refractivity contribution in [2.24, 2.45) is 5.73 Å². The summed E-state index contributed by atoms with van der Waals surface area (Å²) < 4.78 is 4.89. The summed E-state index contributed by atoms with van der Waals surface area (Å²) in [6.45, 7) is 0.214. The van der Waals surface area contributed by atoms with Crippen molar-refractivity contribution in [1.29, 1.82) is 0 Å². The lowest BCUT2D eigenvalue weighted by Crippen LogP contribution is -2.48. The van der Waals surface area contributed by atoms with E-state index in [9.17, 15) is 0 Å². The Hall–Kier alpha value is -0.160. The van der Waals surface area contributed by atoms with E-state index < -0.39 is 11.8 Å². The zero-order chi connectivity index (χ0) is 6.91. The molecule has 1 rings (SSSR count). The van der Waals surface area contributed by atoms with Crippen LogP contribution in [-0.2, 0) is 4.74 Å². The van der Waals surface area contributed by atoms with E-state index >= 15 is 0 Å². The highest BCUT2D eigenvalue weighted by molar-refractivity contribution is 4.85. The predicted octanol–water partition coefficient (Wildman–Crippen LogP) is -1.59. The van der Waals surface area contributed by atoms with Gasteiger partial charge in [0, 0.05) is 6.42 Å². The lowest BCUT2D eigenvalue weighted by atomic mass is 10.1. The standard InChI is InChI=1S/C5H11NO3/c6-5(8)1-2-9-4(5)3-7/h4,7-8H,1-3,6H2/t4-,5+/m1/s1. The normalized spacial score (nSPS) is 43.7. The maximum Gasteiger partial charge on any atom is 0.144 e. The Kier molecular flexibility index (Phi) is 1.72. The number of aliphatic hydroxyl groups is 2. The molecule has 0 aromatic rings. The molecule has 0 unspecified atom stereocenters. The molecule has 0 bridgehead atoms. The fourth-order valence-corrected chi connectivity index (χ4v) is 0.881. The van der Waals surface area contributed by atoms with Crippen molar-refractivity contribution in [2.75, 3.05) is 13.2 Å². The molecule has 1 heterocycles. The van der Waals surface area contributed by atoms with Crippen molar-refractivity contribution in [3.05, 3.63) is 0 Å². The maximum absolute atomic E-state index is 9.15. The monoisotopic (exact) mass is 133 g/mol. The van der Waals surface area contributed by atoms with E-state index in [0.29, 0.717) is 13.0 Å². The number of rotatable bonds is 1. The zero-order valence-electron chi connectivity index (χ0n) is 5.08. The summed E-state index contributed by atoms with van der Waals surface area (Å²) in [5.74, 6) is 0. The number of hydrogen-bond donors (Lipinski definition) is 3. The van der Waals surface area contributed by atoms with E-state index in [1.165, 1.54) is 0 Å². The van der Waals surface area contributed by atoms with Gasteiger partial charge in [-0.15, -0.1) is 0 Å². The number of ether oxygens (including phenoxy) is 1. The Bertz CT molecular complexity index is 104. The van der Waals surface area contributed by atoms with Crippen LogP contribution in [0.1, 0.15) is 6.42 Å². The molecule has 4 heteroatoms. The highest BCUT2D eigenvalue weighted by atomic mass is 16.5. The molecule has 1 fully saturated rings. The first-order chi connectivity index (χ1) is 4.17. The van der Waals surface area contributed by atoms with Gasteiger partial charge in [-0.1, -0.05) is 0 Å². The first-order valence-corrected chi connectivity index (χ1v) is 2.90. The van der Waals surface area contributed by atoms with E-state index in [2.05, 4.69) is 0 Å². The molecule has 0 saturated carbocycles. The van der Waals surface area contributed by atoms with Crippen molar-refractivity contribution in [2.45, 2.75) is 18.2 Å². The van der Waals surface area contributed by atoms with Crippen molar-refractivity contribution < 1.29 is 14.9 Å². The Morgan fingerprint density at radius 3 is 2.67 bits per heavy atom. The second-order valence-corrected chi connectivity index (χ2v) is 2.28. The number of aliphatic hydroxyl groups excluding tert-OH is 1. The number of nitrogens with two attached hydrogens (primary N) is 1. The van der Waals surface area contributed by atoms with Gasteiger partial charge in [-0.2, -0.15) is 0 Å². The first kappa shape index (κ1) is 6.95. The van der Waals surface area contributed by atoms with Gasteiger partial charge in [0.15, 0.2) is 0 Å². The Morgan fingerprint density at radius 1 is 1.78 bits per heavy atom. The molecular weight excluding hydrogens is 122 g/mol. The molecule has 4 N–H and O–H groups in total. The molecule has 4 nitrogen and oxygen atoms in total. The highest BCUT2D eigenvalue weighted by Crippen LogP contribution is 2.19. The quantitative estimate of drug-likeness (QED) is 0.377. The van der Waals surface area contributed by atoms with Gasteiger partial charge in [-0.25, -0.2) is 0 Å². The van der Waals surface area contributed by atoms with Crippen LogP contribution >= 0.6 is 0 Å². The van der Waals surface area contributed by atoms with Crippen molar-refractivity contribution in [1.82, 2.24) is 0 Å². The zero-order valence-corrected chi connectivity index (χ0v) is 5.08. The molecule has 1 saturated heterocycles. The SMILES string of the molecule is N[C@]1(O)CCO[C@@H]1CO. The van der Waals surface area contributed by atoms with Crippen molar-refractivity contribution >= 4 is 0 Å². The molecule has 0 aliphatic carbocycles. The van der Waals surface area contributed by atoms with Crippen molar-refractivity contribution in [3.63, 3.8) is 0 Å². The Labute approximate surface area is 53.2 Å². The van der Waals surface area contributed by atoms with Crippen LogP contribution in [0, 0.1) is 0 Å². The molecule has 1 aliphatic heterocycles. The second-order valence-electron chi connectivity index (χ2n) is 2.28. The summed E-state index contributed by atoms with van der Waals surface area (Å²) in [6, 6.07) is 0. The van der Waals surface area contributed by atoms with Gasteiger partial charge in [0.25, 0.3) is 0 Å². The lowest BCUT2D eigenvalue weighted by Gasteiger charge is -2.20. The smallest absolute Gasteiger partial charge is 0.144 e. The topological polar surface area (TPSA) is 75.7 Å². The van der Waals surface area contributed by atoms with Gasteiger partial charge in [-0.05, 0) is 0 Å². The van der Waals surface area contributed by atoms with Gasteiger partial charge in [0.1, 0.15) is 11.8 Å². The van der Waals surface area contributed by atoms with Crippen LogP contribution in [0.4, 0.5) is 0 Å². The van der Waals surface area contributed by atoms with Gasteiger partial charge in [0.2, 0.25) is 0 Å². The molecule has 0 radical (unpaired) electrons. The lowest BCUT2D eigenvalue weighted by molar-refractivity contribution is -0.0575. The third-order valence-corrected chi connectivity index (χ3v) is 1.54. The van der Waals surface area contributed by atoms with Crippen LogP contribution in [0.5, 0.6) is 0 Å². The average molecular weight is 133 g/mol. The van der Waals surface area contributed by atoms with Crippen LogP contribution in [0.3, 0.4) is 0 Å². The summed E-state index contributed by atoms with van der Waals surface area (Å²) in [5, 5.41) is 17.7. The summed E-state index contributed by atoms with van der Waals surface area (Å²) >= 11 is 0. The van der Waals surface area contributed by atoms with Gasteiger partial charge in [-0.3, -0.25) is 0 Å². The summed E-state index contributed by atoms with van der Waals surface area (Å²) in [4.78, 5) is 0. The molecule has 1 aliphatic rings. The maximum atomic E-state index is 9.15. The Morgan fingerprint density at radius 2 is 2.44 bits per heavy atom. The molecule has 54 valence electrons. The van der Waals surface area contributed by atoms with Gasteiger partial charge >= 0.3 is 0 Å². The second kappa shape index (κ2) is 2.22. The summed E-state index contributed by atoms with van der Waals surface area (Å²) in [6.07, 6.45) is -0.199. The largest absolute Gasteiger partial charge is 0.394 e. The highest BCUT2D eigenvalue weighted by Gasteiger charge is 2.38. The molecule has 2 atom stereocenters. The average Bonchev–Trinajstić information content (AvgIpc) is 2.08. The minimum absolute atomic E-state index is 0.215. The third kappa shape index (κ3) is 1.21. The Balaban J connectivity index is 2.52. The summed E-state index contributed by atoms with van der Waals surface area (Å²) in [7, 11) is 0. The molecule has 0 aromatic heterocycles. The van der Waals surface area contributed by atoms with Crippen LogP contribution in [-0.4, -0.2) is 35.3 Å². The van der Waals surface area contributed by atoms with Gasteiger partial charge < -0.3 is 20.7 Å². The fraction of sp³-hybridized carbons (Fsp3) is 1.00. The van der Waals surface area contributed by atoms with E-state index in [1.807, 2.05) is 0 Å². The molecule has 9 heavy (non-hydrogen) atoms. The first-order valence-electron chi connectivity index (χ1n) is 2.90. The summed E-state index contributed by atoms with van der Waals surface area (Å²) in [5.41, 5.74) is 3.99. The van der Waals surface area contributed by atoms with E-state index in [0.717, 1.165) is 0 Å².